The first kappa shape index (κ1) is 22.1. The molecule has 172 valence electrons. The van der Waals surface area contributed by atoms with Crippen LogP contribution < -0.4 is 4.90 Å². The van der Waals surface area contributed by atoms with E-state index in [2.05, 4.69) is 12.1 Å². The highest BCUT2D eigenvalue weighted by molar-refractivity contribution is 6.30. The number of Topliss-reactive ketones (excluding diaryl/α,β-unsaturated/α-hetero) is 1. The van der Waals surface area contributed by atoms with Crippen LogP contribution in [0, 0.1) is 28.1 Å². The Kier molecular flexibility index (Phi) is 5.15. The fraction of sp³-hybridized carbons (Fsp3) is 0.129. The van der Waals surface area contributed by atoms with Crippen LogP contribution in [0.25, 0.3) is 16.8 Å². The normalized spacial score (nSPS) is 21.3. The number of nitriles is 2. The fourth-order valence-corrected chi connectivity index (χ4v) is 6.08. The third-order valence-corrected chi connectivity index (χ3v) is 7.69. The molecular weight excluding hydrogens is 466 g/mol. The fourth-order valence-electron chi connectivity index (χ4n) is 5.90. The number of anilines is 1. The van der Waals surface area contributed by atoms with Crippen molar-refractivity contribution < 1.29 is 4.79 Å². The topological polar surface area (TPSA) is 67.9 Å². The quantitative estimate of drug-likeness (QED) is 0.300. The largest absolute Gasteiger partial charge is 0.351 e. The van der Waals surface area contributed by atoms with E-state index in [1.807, 2.05) is 89.8 Å². The lowest BCUT2D eigenvalue weighted by Gasteiger charge is -2.35. The Bertz CT molecular complexity index is 1610. The van der Waals surface area contributed by atoms with E-state index in [0.717, 1.165) is 27.6 Å². The van der Waals surface area contributed by atoms with Crippen LogP contribution in [-0.2, 0) is 0 Å². The molecule has 4 aromatic rings. The highest BCUT2D eigenvalue weighted by atomic mass is 35.5. The van der Waals surface area contributed by atoms with E-state index in [4.69, 9.17) is 11.6 Å². The number of benzene rings is 4. The highest BCUT2D eigenvalue weighted by Gasteiger charge is 2.63. The van der Waals surface area contributed by atoms with Crippen molar-refractivity contribution in [1.29, 1.82) is 10.5 Å². The van der Waals surface area contributed by atoms with Crippen molar-refractivity contribution in [2.24, 2.45) is 5.41 Å². The van der Waals surface area contributed by atoms with Gasteiger partial charge in [-0.25, -0.2) is 0 Å². The number of carbonyl (C=O) groups excluding carboxylic acids is 1. The predicted molar refractivity (Wildman–Crippen MR) is 142 cm³/mol. The number of hydrogen-bond acceptors (Lipinski definition) is 4. The molecule has 0 aliphatic carbocycles. The maximum atomic E-state index is 14.3. The third kappa shape index (κ3) is 3.09. The summed E-state index contributed by atoms with van der Waals surface area (Å²) in [6, 6.07) is 31.8. The number of carbonyl (C=O) groups is 1. The van der Waals surface area contributed by atoms with Crippen molar-refractivity contribution in [1.82, 2.24) is 0 Å². The summed E-state index contributed by atoms with van der Waals surface area (Å²) in [5, 5.41) is 23.8. The molecule has 5 heteroatoms. The molecule has 0 unspecified atom stereocenters. The average molecular weight is 486 g/mol. The van der Waals surface area contributed by atoms with Gasteiger partial charge >= 0.3 is 0 Å². The predicted octanol–water partition coefficient (Wildman–Crippen LogP) is 6.78. The number of halogens is 1. The van der Waals surface area contributed by atoms with Gasteiger partial charge in [0.15, 0.2) is 11.2 Å². The van der Waals surface area contributed by atoms with E-state index >= 15 is 0 Å². The van der Waals surface area contributed by atoms with E-state index < -0.39 is 23.4 Å². The highest BCUT2D eigenvalue weighted by Crippen LogP contribution is 2.56. The zero-order chi connectivity index (χ0) is 24.9. The minimum Gasteiger partial charge on any atom is -0.351 e. The second kappa shape index (κ2) is 8.38. The van der Waals surface area contributed by atoms with Gasteiger partial charge in [0, 0.05) is 22.2 Å². The van der Waals surface area contributed by atoms with Gasteiger partial charge in [-0.05, 0) is 40.1 Å². The maximum absolute atomic E-state index is 14.3. The molecule has 1 saturated heterocycles. The van der Waals surface area contributed by atoms with E-state index in [1.165, 1.54) is 0 Å². The minimum absolute atomic E-state index is 0.123. The lowest BCUT2D eigenvalue weighted by Crippen LogP contribution is -2.44. The van der Waals surface area contributed by atoms with E-state index in [1.54, 1.807) is 18.2 Å². The Balaban J connectivity index is 1.68. The Hall–Kier alpha value is -4.38. The van der Waals surface area contributed by atoms with E-state index in [-0.39, 0.29) is 5.78 Å². The Morgan fingerprint density at radius 2 is 1.61 bits per heavy atom. The Morgan fingerprint density at radius 3 is 2.39 bits per heavy atom. The summed E-state index contributed by atoms with van der Waals surface area (Å²) >= 11 is 6.29. The molecule has 2 aliphatic heterocycles. The molecule has 0 amide bonds. The molecule has 1 fully saturated rings. The molecule has 3 atom stereocenters. The molecule has 0 N–H and O–H groups in total. The molecule has 0 bridgehead atoms. The number of fused-ring (bicyclic) bond motifs is 4. The summed E-state index contributed by atoms with van der Waals surface area (Å²) in [4.78, 5) is 16.3. The van der Waals surface area contributed by atoms with Crippen LogP contribution in [0.4, 0.5) is 5.69 Å². The third-order valence-electron chi connectivity index (χ3n) is 7.45. The van der Waals surface area contributed by atoms with E-state index in [0.29, 0.717) is 10.6 Å². The van der Waals surface area contributed by atoms with Crippen LogP contribution in [-0.4, -0.2) is 17.9 Å². The van der Waals surface area contributed by atoms with Crippen molar-refractivity contribution in [3.63, 3.8) is 0 Å². The summed E-state index contributed by atoms with van der Waals surface area (Å²) in [6.45, 7) is 0. The Labute approximate surface area is 214 Å². The summed E-state index contributed by atoms with van der Waals surface area (Å²) in [5.74, 6) is -0.815. The van der Waals surface area contributed by atoms with Crippen molar-refractivity contribution in [2.75, 3.05) is 4.90 Å². The summed E-state index contributed by atoms with van der Waals surface area (Å²) in [6.07, 6.45) is 3.78. The number of ketones is 1. The molecule has 0 saturated carbocycles. The van der Waals surface area contributed by atoms with Crippen molar-refractivity contribution in [2.45, 2.75) is 18.0 Å². The lowest BCUT2D eigenvalue weighted by molar-refractivity contribution is 0.0951. The molecule has 4 aromatic carbocycles. The number of hydrogen-bond donors (Lipinski definition) is 0. The molecule has 4 nitrogen and oxygen atoms in total. The molecule has 6 rings (SSSR count). The molecular formula is C31H20ClN3O. The standard InChI is InChI=1S/C31H20ClN3O/c32-23-14-15-26-22(17-23)13-16-27-31(18-33,19-34)28(25-12-6-10-20-7-4-5-11-24(20)25)29(35(26)27)30(36)21-8-2-1-3-9-21/h1-17,27-29H/t27-,28+,29+/m0/s1. The van der Waals surface area contributed by atoms with Gasteiger partial charge in [-0.1, -0.05) is 96.5 Å². The molecule has 0 spiro atoms. The van der Waals surface area contributed by atoms with Gasteiger partial charge in [0.25, 0.3) is 0 Å². The van der Waals surface area contributed by atoms with E-state index in [9.17, 15) is 15.3 Å². The van der Waals surface area contributed by atoms with Gasteiger partial charge in [0.05, 0.1) is 18.2 Å². The van der Waals surface area contributed by atoms with Crippen LogP contribution >= 0.6 is 11.6 Å². The number of nitrogens with zero attached hydrogens (tertiary/aromatic N) is 3. The van der Waals surface area contributed by atoms with Crippen molar-refractivity contribution in [3.8, 4) is 12.1 Å². The van der Waals surface area contributed by atoms with Crippen molar-refractivity contribution in [3.05, 3.63) is 119 Å². The second-order valence-electron chi connectivity index (χ2n) is 9.23. The lowest BCUT2D eigenvalue weighted by atomic mass is 9.68. The molecule has 2 heterocycles. The molecule has 36 heavy (non-hydrogen) atoms. The second-order valence-corrected chi connectivity index (χ2v) is 9.66. The Morgan fingerprint density at radius 1 is 0.889 bits per heavy atom. The van der Waals surface area contributed by atoms with Gasteiger partial charge in [0.2, 0.25) is 0 Å². The van der Waals surface area contributed by atoms with Gasteiger partial charge in [-0.15, -0.1) is 0 Å². The van der Waals surface area contributed by atoms with Gasteiger partial charge in [-0.2, -0.15) is 10.5 Å². The SMILES string of the molecule is N#CC1(C#N)[C@H](c2cccc3ccccc23)[C@H](C(=O)c2ccccc2)N2c3ccc(Cl)cc3C=C[C@H]21. The van der Waals surface area contributed by atoms with Crippen LogP contribution in [0.1, 0.15) is 27.4 Å². The first-order valence-electron chi connectivity index (χ1n) is 11.7. The van der Waals surface area contributed by atoms with Crippen LogP contribution in [0.3, 0.4) is 0 Å². The van der Waals surface area contributed by atoms with Crippen LogP contribution in [0.15, 0.2) is 97.1 Å². The average Bonchev–Trinajstić information content (AvgIpc) is 3.23. The summed E-state index contributed by atoms with van der Waals surface area (Å²) in [5.41, 5.74) is 1.52. The molecule has 2 aliphatic rings. The smallest absolute Gasteiger partial charge is 0.185 e. The zero-order valence-electron chi connectivity index (χ0n) is 19.2. The van der Waals surface area contributed by atoms with Gasteiger partial charge in [-0.3, -0.25) is 4.79 Å². The van der Waals surface area contributed by atoms with Gasteiger partial charge in [0.1, 0.15) is 6.04 Å². The first-order chi connectivity index (χ1) is 17.6. The molecule has 0 aromatic heterocycles. The minimum atomic E-state index is -1.49. The summed E-state index contributed by atoms with van der Waals surface area (Å²) < 4.78 is 0. The van der Waals surface area contributed by atoms with Crippen LogP contribution in [0.5, 0.6) is 0 Å². The van der Waals surface area contributed by atoms with Gasteiger partial charge < -0.3 is 4.90 Å². The first-order valence-corrected chi connectivity index (χ1v) is 12.1. The monoisotopic (exact) mass is 485 g/mol. The zero-order valence-corrected chi connectivity index (χ0v) is 19.9. The maximum Gasteiger partial charge on any atom is 0.185 e. The van der Waals surface area contributed by atoms with Crippen LogP contribution in [0.2, 0.25) is 5.02 Å². The number of rotatable bonds is 3. The summed E-state index contributed by atoms with van der Waals surface area (Å²) in [7, 11) is 0. The molecule has 0 radical (unpaired) electrons. The van der Waals surface area contributed by atoms with Crippen molar-refractivity contribution >= 4 is 39.9 Å².